The van der Waals surface area contributed by atoms with E-state index in [1.54, 1.807) is 0 Å². The minimum absolute atomic E-state index is 0.0341. The number of non-ortho nitro benzene ring substituents is 1. The van der Waals surface area contributed by atoms with Crippen molar-refractivity contribution in [2.45, 2.75) is 50.5 Å². The summed E-state index contributed by atoms with van der Waals surface area (Å²) < 4.78 is 0.456. The Morgan fingerprint density at radius 3 is 2.38 bits per heavy atom. The third-order valence-corrected chi connectivity index (χ3v) is 5.08. The molecule has 24 heavy (non-hydrogen) atoms. The first kappa shape index (κ1) is 18.4. The van der Waals surface area contributed by atoms with E-state index in [0.29, 0.717) is 22.9 Å². The van der Waals surface area contributed by atoms with Crippen molar-refractivity contribution in [2.75, 3.05) is 0 Å². The number of carbonyl (C=O) groups excluding carboxylic acids is 1. The zero-order valence-electron chi connectivity index (χ0n) is 13.1. The van der Waals surface area contributed by atoms with Crippen LogP contribution in [0.2, 0.25) is 0 Å². The first-order chi connectivity index (χ1) is 11.3. The molecular formula is C16H19BrN2O5. The lowest BCUT2D eigenvalue weighted by molar-refractivity contribution is -0.384. The van der Waals surface area contributed by atoms with E-state index in [4.69, 9.17) is 0 Å². The van der Waals surface area contributed by atoms with Crippen molar-refractivity contribution in [1.82, 2.24) is 5.32 Å². The topological polar surface area (TPSA) is 110 Å². The molecule has 0 spiro atoms. The summed E-state index contributed by atoms with van der Waals surface area (Å²) >= 11 is 3.22. The van der Waals surface area contributed by atoms with E-state index in [9.17, 15) is 24.8 Å². The number of hydrogen-bond acceptors (Lipinski definition) is 4. The number of nitro benzene ring substituents is 1. The Morgan fingerprint density at radius 2 is 1.88 bits per heavy atom. The second kappa shape index (κ2) is 7.74. The van der Waals surface area contributed by atoms with Gasteiger partial charge < -0.3 is 10.4 Å². The summed E-state index contributed by atoms with van der Waals surface area (Å²) in [4.78, 5) is 34.3. The standard InChI is InChI=1S/C16H19BrN2O5/c17-13-10-12(19(23)24)6-5-11(13)9-14(20)18-16(15(21)22)7-3-1-2-4-8-16/h5-6,10H,1-4,7-9H2,(H,18,20)(H,21,22). The number of nitrogens with one attached hydrogen (secondary N) is 1. The minimum atomic E-state index is -1.21. The van der Waals surface area contributed by atoms with Crippen LogP contribution in [0.5, 0.6) is 0 Å². The predicted octanol–water partition coefficient (Wildman–Crippen LogP) is 3.19. The quantitative estimate of drug-likeness (QED) is 0.449. The van der Waals surface area contributed by atoms with Gasteiger partial charge in [0, 0.05) is 16.6 Å². The van der Waals surface area contributed by atoms with Crippen LogP contribution < -0.4 is 5.32 Å². The van der Waals surface area contributed by atoms with Gasteiger partial charge in [-0.1, -0.05) is 47.7 Å². The molecule has 0 aromatic heterocycles. The summed E-state index contributed by atoms with van der Waals surface area (Å²) in [6, 6.07) is 4.16. The second-order valence-corrected chi connectivity index (χ2v) is 6.91. The lowest BCUT2D eigenvalue weighted by Gasteiger charge is -2.29. The average Bonchev–Trinajstić information content (AvgIpc) is 2.75. The molecular weight excluding hydrogens is 380 g/mol. The van der Waals surface area contributed by atoms with Gasteiger partial charge in [-0.3, -0.25) is 14.9 Å². The summed E-state index contributed by atoms with van der Waals surface area (Å²) in [5.41, 5.74) is -0.704. The van der Waals surface area contributed by atoms with E-state index >= 15 is 0 Å². The van der Waals surface area contributed by atoms with Gasteiger partial charge in [-0.2, -0.15) is 0 Å². The molecule has 0 saturated heterocycles. The number of rotatable bonds is 5. The molecule has 8 heteroatoms. The van der Waals surface area contributed by atoms with Crippen LogP contribution in [0.4, 0.5) is 5.69 Å². The molecule has 2 N–H and O–H groups in total. The minimum Gasteiger partial charge on any atom is -0.480 e. The molecule has 0 atom stereocenters. The van der Waals surface area contributed by atoms with Crippen molar-refractivity contribution in [1.29, 1.82) is 0 Å². The molecule has 130 valence electrons. The molecule has 7 nitrogen and oxygen atoms in total. The fourth-order valence-corrected chi connectivity index (χ4v) is 3.51. The maximum atomic E-state index is 12.3. The molecule has 0 aliphatic heterocycles. The molecule has 1 fully saturated rings. The number of hydrogen-bond donors (Lipinski definition) is 2. The third-order valence-electron chi connectivity index (χ3n) is 4.34. The van der Waals surface area contributed by atoms with Crippen molar-refractivity contribution in [2.24, 2.45) is 0 Å². The van der Waals surface area contributed by atoms with Crippen LogP contribution in [0.25, 0.3) is 0 Å². The molecule has 0 bridgehead atoms. The maximum absolute atomic E-state index is 12.3. The third kappa shape index (κ3) is 4.31. The largest absolute Gasteiger partial charge is 0.480 e. The highest BCUT2D eigenvalue weighted by Crippen LogP contribution is 2.28. The van der Waals surface area contributed by atoms with Gasteiger partial charge in [-0.25, -0.2) is 4.79 Å². The molecule has 0 heterocycles. The Labute approximate surface area is 147 Å². The Balaban J connectivity index is 2.11. The summed E-state index contributed by atoms with van der Waals surface area (Å²) in [6.45, 7) is 0. The van der Waals surface area contributed by atoms with Crippen LogP contribution in [0, 0.1) is 10.1 Å². The smallest absolute Gasteiger partial charge is 0.329 e. The van der Waals surface area contributed by atoms with Crippen LogP contribution in [0.1, 0.15) is 44.1 Å². The van der Waals surface area contributed by atoms with E-state index in [0.717, 1.165) is 25.7 Å². The van der Waals surface area contributed by atoms with Gasteiger partial charge in [0.25, 0.3) is 5.69 Å². The van der Waals surface area contributed by atoms with Crippen LogP contribution >= 0.6 is 15.9 Å². The number of benzene rings is 1. The van der Waals surface area contributed by atoms with Gasteiger partial charge in [-0.15, -0.1) is 0 Å². The number of carboxylic acids is 1. The Kier molecular flexibility index (Phi) is 5.93. The maximum Gasteiger partial charge on any atom is 0.329 e. The highest BCUT2D eigenvalue weighted by atomic mass is 79.9. The van der Waals surface area contributed by atoms with E-state index in [-0.39, 0.29) is 12.1 Å². The average molecular weight is 399 g/mol. The van der Waals surface area contributed by atoms with Gasteiger partial charge in [0.1, 0.15) is 5.54 Å². The number of carbonyl (C=O) groups is 2. The predicted molar refractivity (Wildman–Crippen MR) is 90.7 cm³/mol. The lowest BCUT2D eigenvalue weighted by atomic mass is 9.90. The van der Waals surface area contributed by atoms with Crippen molar-refractivity contribution < 1.29 is 19.6 Å². The molecule has 0 unspecified atom stereocenters. The van der Waals surface area contributed by atoms with E-state index < -0.39 is 22.3 Å². The molecule has 1 saturated carbocycles. The zero-order valence-corrected chi connectivity index (χ0v) is 14.7. The SMILES string of the molecule is O=C(Cc1ccc([N+](=O)[O-])cc1Br)NC1(C(=O)O)CCCCCC1. The molecule has 1 aromatic carbocycles. The van der Waals surface area contributed by atoms with Crippen molar-refractivity contribution in [3.8, 4) is 0 Å². The van der Waals surface area contributed by atoms with Crippen molar-refractivity contribution >= 4 is 33.5 Å². The van der Waals surface area contributed by atoms with Crippen LogP contribution in [0.15, 0.2) is 22.7 Å². The van der Waals surface area contributed by atoms with E-state index in [2.05, 4.69) is 21.2 Å². The number of amides is 1. The number of halogens is 1. The number of aliphatic carboxylic acids is 1. The van der Waals surface area contributed by atoms with Crippen LogP contribution in [-0.4, -0.2) is 27.4 Å². The summed E-state index contributed by atoms with van der Waals surface area (Å²) in [7, 11) is 0. The number of nitro groups is 1. The van der Waals surface area contributed by atoms with Crippen molar-refractivity contribution in [3.63, 3.8) is 0 Å². The van der Waals surface area contributed by atoms with Crippen LogP contribution in [-0.2, 0) is 16.0 Å². The van der Waals surface area contributed by atoms with Gasteiger partial charge in [0.15, 0.2) is 0 Å². The second-order valence-electron chi connectivity index (χ2n) is 6.06. The van der Waals surface area contributed by atoms with Gasteiger partial charge >= 0.3 is 5.97 Å². The lowest BCUT2D eigenvalue weighted by Crippen LogP contribution is -2.54. The Morgan fingerprint density at radius 1 is 1.25 bits per heavy atom. The van der Waals surface area contributed by atoms with Crippen LogP contribution in [0.3, 0.4) is 0 Å². The highest BCUT2D eigenvalue weighted by Gasteiger charge is 2.39. The monoisotopic (exact) mass is 398 g/mol. The van der Waals surface area contributed by atoms with Crippen molar-refractivity contribution in [3.05, 3.63) is 38.3 Å². The normalized spacial score (nSPS) is 16.9. The Hall–Kier alpha value is -1.96. The molecule has 0 radical (unpaired) electrons. The Bertz CT molecular complexity index is 654. The molecule has 2 rings (SSSR count). The number of carboxylic acid groups (broad SMARTS) is 1. The fraction of sp³-hybridized carbons (Fsp3) is 0.500. The summed E-state index contributed by atoms with van der Waals surface area (Å²) in [5, 5.41) is 23.0. The molecule has 1 aromatic rings. The first-order valence-electron chi connectivity index (χ1n) is 7.81. The number of nitrogens with zero attached hydrogens (tertiary/aromatic N) is 1. The summed E-state index contributed by atoms with van der Waals surface area (Å²) in [6.07, 6.45) is 4.30. The van der Waals surface area contributed by atoms with E-state index in [1.165, 1.54) is 18.2 Å². The van der Waals surface area contributed by atoms with E-state index in [1.807, 2.05) is 0 Å². The summed E-state index contributed by atoms with van der Waals surface area (Å²) in [5.74, 6) is -1.39. The fourth-order valence-electron chi connectivity index (χ4n) is 3.00. The molecule has 1 aliphatic rings. The first-order valence-corrected chi connectivity index (χ1v) is 8.60. The van der Waals surface area contributed by atoms with Gasteiger partial charge in [-0.05, 0) is 18.4 Å². The zero-order chi connectivity index (χ0) is 17.7. The molecule has 1 aliphatic carbocycles. The van der Waals surface area contributed by atoms with Gasteiger partial charge in [0.2, 0.25) is 5.91 Å². The van der Waals surface area contributed by atoms with Gasteiger partial charge in [0.05, 0.1) is 11.3 Å². The highest BCUT2D eigenvalue weighted by molar-refractivity contribution is 9.10. The molecule has 1 amide bonds.